The maximum absolute atomic E-state index is 14.3. The van der Waals surface area contributed by atoms with Crippen molar-refractivity contribution in [2.45, 2.75) is 25.5 Å². The third kappa shape index (κ3) is 3.97. The molecule has 12 nitrogen and oxygen atoms in total. The zero-order chi connectivity index (χ0) is 31.7. The Kier molecular flexibility index (Phi) is 6.84. The van der Waals surface area contributed by atoms with Crippen molar-refractivity contribution in [3.63, 3.8) is 0 Å². The molecular formula is C31H26ClN3O9. The normalized spacial score (nSPS) is 18.6. The molecule has 13 heteroatoms. The largest absolute Gasteiger partial charge is 0.497 e. The number of Topliss-reactive ketones (excluding diaryl/α,β-unsaturated/α-hetero) is 3. The molecule has 3 heterocycles. The third-order valence-electron chi connectivity index (χ3n) is 8.30. The Morgan fingerprint density at radius 3 is 2.34 bits per heavy atom. The Labute approximate surface area is 254 Å². The highest BCUT2D eigenvalue weighted by molar-refractivity contribution is 6.36. The van der Waals surface area contributed by atoms with Crippen LogP contribution in [0.2, 0.25) is 5.02 Å². The molecule has 2 aromatic carbocycles. The molecule has 2 aliphatic rings. The lowest BCUT2D eigenvalue weighted by Gasteiger charge is -2.36. The monoisotopic (exact) mass is 619 g/mol. The molecule has 226 valence electrons. The predicted molar refractivity (Wildman–Crippen MR) is 158 cm³/mol. The lowest BCUT2D eigenvalue weighted by atomic mass is 9.71. The first kappa shape index (κ1) is 29.1. The van der Waals surface area contributed by atoms with Crippen molar-refractivity contribution in [2.75, 3.05) is 21.3 Å². The quantitative estimate of drug-likeness (QED) is 0.233. The highest BCUT2D eigenvalue weighted by atomic mass is 35.5. The number of methoxy groups -OCH3 is 3. The first-order valence-corrected chi connectivity index (χ1v) is 13.9. The van der Waals surface area contributed by atoms with Gasteiger partial charge in [-0.05, 0) is 36.8 Å². The Balaban J connectivity index is 1.47. The van der Waals surface area contributed by atoms with Crippen LogP contribution in [0.15, 0.2) is 46.0 Å². The summed E-state index contributed by atoms with van der Waals surface area (Å²) in [5.41, 5.74) is -2.94. The lowest BCUT2D eigenvalue weighted by Crippen LogP contribution is -2.57. The van der Waals surface area contributed by atoms with Gasteiger partial charge in [0.15, 0.2) is 11.5 Å². The smallest absolute Gasteiger partial charge is 0.332 e. The molecule has 0 unspecified atom stereocenters. The second-order valence-electron chi connectivity index (χ2n) is 10.6. The number of pyridine rings is 1. The van der Waals surface area contributed by atoms with Gasteiger partial charge in [-0.2, -0.15) is 0 Å². The molecule has 2 aromatic heterocycles. The Bertz CT molecular complexity index is 2050. The molecule has 1 aliphatic carbocycles. The van der Waals surface area contributed by atoms with Crippen molar-refractivity contribution < 1.29 is 33.3 Å². The highest BCUT2D eigenvalue weighted by Crippen LogP contribution is 2.53. The molecule has 0 N–H and O–H groups in total. The van der Waals surface area contributed by atoms with E-state index in [2.05, 4.69) is 4.98 Å². The van der Waals surface area contributed by atoms with E-state index in [1.165, 1.54) is 52.6 Å². The topological polar surface area (TPSA) is 145 Å². The van der Waals surface area contributed by atoms with Gasteiger partial charge in [0.1, 0.15) is 33.5 Å². The van der Waals surface area contributed by atoms with Gasteiger partial charge in [-0.3, -0.25) is 28.3 Å². The molecule has 0 amide bonds. The van der Waals surface area contributed by atoms with Gasteiger partial charge >= 0.3 is 5.69 Å². The van der Waals surface area contributed by atoms with Gasteiger partial charge in [0.25, 0.3) is 5.56 Å². The maximum atomic E-state index is 14.3. The lowest BCUT2D eigenvalue weighted by molar-refractivity contribution is 0.0257. The summed E-state index contributed by atoms with van der Waals surface area (Å²) in [5, 5.41) is -0.0675. The number of hydrogen-bond acceptors (Lipinski definition) is 10. The van der Waals surface area contributed by atoms with E-state index in [9.17, 15) is 24.0 Å². The number of aromatic nitrogens is 3. The molecule has 1 spiro atoms. The molecule has 1 aliphatic heterocycles. The van der Waals surface area contributed by atoms with Crippen molar-refractivity contribution in [2.24, 2.45) is 13.0 Å². The van der Waals surface area contributed by atoms with Crippen LogP contribution < -0.4 is 30.2 Å². The van der Waals surface area contributed by atoms with Crippen molar-refractivity contribution in [1.29, 1.82) is 0 Å². The van der Waals surface area contributed by atoms with E-state index in [-0.39, 0.29) is 56.4 Å². The third-order valence-corrected chi connectivity index (χ3v) is 8.66. The summed E-state index contributed by atoms with van der Waals surface area (Å²) in [6.45, 7) is 1.13. The summed E-state index contributed by atoms with van der Waals surface area (Å²) >= 11 is 6.50. The SMILES string of the molecule is COc1ccc(C(=O)Cn2c(=O)c3cc4c(nc3n(C)c2=O)C[C@@H](C)[C@]2(Oc3c(Cl)c(OC)cc(OC)c3C2=O)C4=O)cc1. The van der Waals surface area contributed by atoms with Gasteiger partial charge in [0.05, 0.1) is 39.0 Å². The van der Waals surface area contributed by atoms with Crippen LogP contribution in [0.4, 0.5) is 0 Å². The van der Waals surface area contributed by atoms with Gasteiger partial charge < -0.3 is 18.9 Å². The number of hydrogen-bond donors (Lipinski definition) is 0. The first-order valence-electron chi connectivity index (χ1n) is 13.5. The van der Waals surface area contributed by atoms with Crippen molar-refractivity contribution in [3.05, 3.63) is 84.6 Å². The van der Waals surface area contributed by atoms with Crippen molar-refractivity contribution in [3.8, 4) is 23.0 Å². The highest BCUT2D eigenvalue weighted by Gasteiger charge is 2.62. The number of benzene rings is 2. The van der Waals surface area contributed by atoms with Gasteiger partial charge in [0, 0.05) is 30.2 Å². The zero-order valence-corrected chi connectivity index (χ0v) is 25.1. The van der Waals surface area contributed by atoms with Crippen molar-refractivity contribution in [1.82, 2.24) is 14.1 Å². The van der Waals surface area contributed by atoms with Crippen LogP contribution in [0, 0.1) is 5.92 Å². The summed E-state index contributed by atoms with van der Waals surface area (Å²) in [5.74, 6) is -1.71. The Hall–Kier alpha value is -4.97. The average Bonchev–Trinajstić information content (AvgIpc) is 3.35. The fourth-order valence-corrected chi connectivity index (χ4v) is 6.16. The number of fused-ring (bicyclic) bond motifs is 3. The summed E-state index contributed by atoms with van der Waals surface area (Å²) in [6.07, 6.45) is 0.112. The number of ether oxygens (including phenoxy) is 4. The first-order chi connectivity index (χ1) is 21.0. The zero-order valence-electron chi connectivity index (χ0n) is 24.3. The van der Waals surface area contributed by atoms with Crippen molar-refractivity contribution >= 4 is 40.0 Å². The molecule has 4 aromatic rings. The van der Waals surface area contributed by atoms with Crippen LogP contribution in [0.1, 0.15) is 43.7 Å². The maximum Gasteiger partial charge on any atom is 0.332 e. The van der Waals surface area contributed by atoms with Gasteiger partial charge in [-0.15, -0.1) is 0 Å². The summed E-state index contributed by atoms with van der Waals surface area (Å²) in [7, 11) is 5.68. The number of aryl methyl sites for hydroxylation is 1. The van der Waals surface area contributed by atoms with E-state index in [1.54, 1.807) is 19.1 Å². The van der Waals surface area contributed by atoms with E-state index < -0.39 is 46.7 Å². The van der Waals surface area contributed by atoms with Gasteiger partial charge in [-0.25, -0.2) is 9.78 Å². The Morgan fingerprint density at radius 1 is 1.02 bits per heavy atom. The van der Waals surface area contributed by atoms with E-state index in [0.717, 1.165) is 9.13 Å². The Morgan fingerprint density at radius 2 is 1.70 bits per heavy atom. The molecule has 6 rings (SSSR count). The average molecular weight is 620 g/mol. The van der Waals surface area contributed by atoms with Gasteiger partial charge in [0.2, 0.25) is 17.2 Å². The predicted octanol–water partition coefficient (Wildman–Crippen LogP) is 3.05. The number of nitrogens with zero attached hydrogens (tertiary/aromatic N) is 3. The molecule has 2 atom stereocenters. The molecule has 0 fully saturated rings. The van der Waals surface area contributed by atoms with E-state index >= 15 is 0 Å². The van der Waals surface area contributed by atoms with Crippen LogP contribution >= 0.6 is 11.6 Å². The second kappa shape index (κ2) is 10.3. The number of ketones is 3. The summed E-state index contributed by atoms with van der Waals surface area (Å²) in [4.78, 5) is 72.7. The molecule has 0 saturated heterocycles. The molecular weight excluding hydrogens is 594 g/mol. The number of carbonyl (C=O) groups excluding carboxylic acids is 3. The molecule has 0 saturated carbocycles. The van der Waals surface area contributed by atoms with Crippen LogP contribution in [0.3, 0.4) is 0 Å². The standard InChI is InChI=1S/C31H26ClN3O9/c1-14-10-19-17(26(37)31(14)27(38)23-21(42-4)12-22(43-5)24(32)25(23)44-31)11-18-28(33-19)34(2)30(40)35(29(18)39)13-20(36)15-6-8-16(41-3)9-7-15/h6-9,11-12,14H,10,13H2,1-5H3/t14-,31+/m1/s1. The minimum absolute atomic E-state index is 0.00960. The number of carbonyl (C=O) groups is 3. The number of rotatable bonds is 6. The van der Waals surface area contributed by atoms with Gasteiger partial charge in [-0.1, -0.05) is 18.5 Å². The number of halogens is 1. The van der Waals surface area contributed by atoms with E-state index in [1.807, 2.05) is 0 Å². The molecule has 0 bridgehead atoms. The van der Waals surface area contributed by atoms with Crippen LogP contribution in [-0.4, -0.2) is 58.4 Å². The fourth-order valence-electron chi connectivity index (χ4n) is 5.89. The molecule has 44 heavy (non-hydrogen) atoms. The fraction of sp³-hybridized carbons (Fsp3) is 0.290. The van der Waals surface area contributed by atoms with E-state index in [0.29, 0.717) is 11.4 Å². The summed E-state index contributed by atoms with van der Waals surface area (Å²) in [6, 6.07) is 9.00. The van der Waals surface area contributed by atoms with Crippen LogP contribution in [0.25, 0.3) is 11.0 Å². The summed E-state index contributed by atoms with van der Waals surface area (Å²) < 4.78 is 23.9. The van der Waals surface area contributed by atoms with E-state index in [4.69, 9.17) is 30.5 Å². The minimum Gasteiger partial charge on any atom is -0.497 e. The minimum atomic E-state index is -2.00. The van der Waals surface area contributed by atoms with Crippen LogP contribution in [0.5, 0.6) is 23.0 Å². The molecule has 0 radical (unpaired) electrons. The van der Waals surface area contributed by atoms with Crippen LogP contribution in [-0.2, 0) is 20.0 Å². The second-order valence-corrected chi connectivity index (χ2v) is 11.0.